The van der Waals surface area contributed by atoms with Gasteiger partial charge in [0.15, 0.2) is 5.16 Å². The van der Waals surface area contributed by atoms with E-state index in [2.05, 4.69) is 10.3 Å². The Morgan fingerprint density at radius 3 is 2.59 bits per heavy atom. The van der Waals surface area contributed by atoms with Gasteiger partial charge < -0.3 is 10.1 Å². The number of ether oxygens (including phenoxy) is 1. The van der Waals surface area contributed by atoms with Crippen molar-refractivity contribution in [2.75, 3.05) is 12.9 Å². The van der Waals surface area contributed by atoms with E-state index in [-0.39, 0.29) is 11.4 Å². The van der Waals surface area contributed by atoms with Crippen LogP contribution in [0.3, 0.4) is 0 Å². The van der Waals surface area contributed by atoms with Crippen molar-refractivity contribution in [2.24, 2.45) is 0 Å². The molecule has 0 aliphatic heterocycles. The molecule has 1 amide bonds. The van der Waals surface area contributed by atoms with E-state index >= 15 is 0 Å². The first-order valence-electron chi connectivity index (χ1n) is 7.00. The molecule has 1 aromatic carbocycles. The molecule has 0 saturated carbocycles. The number of thioether (sulfide) groups is 1. The fraction of sp³-hybridized carbons (Fsp3) is 0.375. The van der Waals surface area contributed by atoms with E-state index in [1.54, 1.807) is 13.3 Å². The number of benzene rings is 1. The van der Waals surface area contributed by atoms with Crippen LogP contribution in [0.4, 0.5) is 0 Å². The molecule has 0 spiro atoms. The van der Waals surface area contributed by atoms with E-state index in [1.807, 2.05) is 55.8 Å². The Morgan fingerprint density at radius 1 is 1.32 bits per heavy atom. The Balaban J connectivity index is 2.04. The van der Waals surface area contributed by atoms with E-state index in [0.717, 1.165) is 16.6 Å². The van der Waals surface area contributed by atoms with Crippen LogP contribution in [0.5, 0.6) is 5.75 Å². The Bertz CT molecular complexity index is 630. The number of hydrogen-bond acceptors (Lipinski definition) is 4. The molecule has 0 saturated heterocycles. The SMILES string of the molecule is COc1ccc(-n2ccnc2SCC(=O)NC(C)(C)C)cc1. The zero-order valence-corrected chi connectivity index (χ0v) is 14.1. The van der Waals surface area contributed by atoms with Crippen molar-refractivity contribution in [3.63, 3.8) is 0 Å². The third kappa shape index (κ3) is 4.53. The highest BCUT2D eigenvalue weighted by Crippen LogP contribution is 2.22. The van der Waals surface area contributed by atoms with Gasteiger partial charge in [-0.1, -0.05) is 11.8 Å². The zero-order chi connectivity index (χ0) is 16.2. The van der Waals surface area contributed by atoms with Crippen molar-refractivity contribution >= 4 is 17.7 Å². The maximum absolute atomic E-state index is 11.9. The van der Waals surface area contributed by atoms with E-state index < -0.39 is 0 Å². The van der Waals surface area contributed by atoms with Crippen molar-refractivity contribution in [1.29, 1.82) is 0 Å². The quantitative estimate of drug-likeness (QED) is 0.861. The third-order valence-electron chi connectivity index (χ3n) is 2.80. The van der Waals surface area contributed by atoms with Crippen LogP contribution in [0.25, 0.3) is 5.69 Å². The van der Waals surface area contributed by atoms with Gasteiger partial charge in [0.2, 0.25) is 5.91 Å². The summed E-state index contributed by atoms with van der Waals surface area (Å²) in [5.41, 5.74) is 0.764. The molecule has 0 fully saturated rings. The number of aromatic nitrogens is 2. The van der Waals surface area contributed by atoms with Gasteiger partial charge in [0.25, 0.3) is 0 Å². The minimum absolute atomic E-state index is 0.00165. The predicted molar refractivity (Wildman–Crippen MR) is 88.7 cm³/mol. The number of carbonyl (C=O) groups is 1. The summed E-state index contributed by atoms with van der Waals surface area (Å²) in [6.45, 7) is 5.90. The molecule has 0 atom stereocenters. The first kappa shape index (κ1) is 16.4. The van der Waals surface area contributed by atoms with Crippen molar-refractivity contribution in [1.82, 2.24) is 14.9 Å². The van der Waals surface area contributed by atoms with Crippen LogP contribution in [-0.2, 0) is 4.79 Å². The van der Waals surface area contributed by atoms with Crippen LogP contribution in [-0.4, -0.2) is 33.9 Å². The highest BCUT2D eigenvalue weighted by Gasteiger charge is 2.15. The number of imidazole rings is 1. The Morgan fingerprint density at radius 2 is 2.00 bits per heavy atom. The van der Waals surface area contributed by atoms with Gasteiger partial charge in [-0.25, -0.2) is 4.98 Å². The monoisotopic (exact) mass is 319 g/mol. The standard InChI is InChI=1S/C16H21N3O2S/c1-16(2,3)18-14(20)11-22-15-17-9-10-19(15)12-5-7-13(21-4)8-6-12/h5-10H,11H2,1-4H3,(H,18,20). The molecule has 118 valence electrons. The second-order valence-corrected chi connectivity index (χ2v) is 6.81. The van der Waals surface area contributed by atoms with Gasteiger partial charge >= 0.3 is 0 Å². The van der Waals surface area contributed by atoms with Crippen LogP contribution < -0.4 is 10.1 Å². The predicted octanol–water partition coefficient (Wildman–Crippen LogP) is 2.89. The lowest BCUT2D eigenvalue weighted by Crippen LogP contribution is -2.41. The lowest BCUT2D eigenvalue weighted by molar-refractivity contribution is -0.119. The van der Waals surface area contributed by atoms with Gasteiger partial charge in [0.05, 0.1) is 12.9 Å². The Kier molecular flexibility index (Phi) is 5.13. The van der Waals surface area contributed by atoms with E-state index in [4.69, 9.17) is 4.74 Å². The Hall–Kier alpha value is -1.95. The molecule has 1 aromatic heterocycles. The normalized spacial score (nSPS) is 11.3. The number of nitrogens with zero attached hydrogens (tertiary/aromatic N) is 2. The summed E-state index contributed by atoms with van der Waals surface area (Å²) in [6, 6.07) is 7.71. The number of rotatable bonds is 5. The molecule has 1 heterocycles. The summed E-state index contributed by atoms with van der Waals surface area (Å²) in [6.07, 6.45) is 3.61. The van der Waals surface area contributed by atoms with Crippen LogP contribution >= 0.6 is 11.8 Å². The molecule has 22 heavy (non-hydrogen) atoms. The van der Waals surface area contributed by atoms with Gasteiger partial charge in [-0.3, -0.25) is 9.36 Å². The van der Waals surface area contributed by atoms with Crippen LogP contribution in [0.15, 0.2) is 41.8 Å². The molecular formula is C16H21N3O2S. The van der Waals surface area contributed by atoms with Gasteiger partial charge in [0.1, 0.15) is 5.75 Å². The maximum atomic E-state index is 11.9. The summed E-state index contributed by atoms with van der Waals surface area (Å²) in [4.78, 5) is 16.2. The molecule has 1 N–H and O–H groups in total. The maximum Gasteiger partial charge on any atom is 0.230 e. The zero-order valence-electron chi connectivity index (χ0n) is 13.3. The molecule has 2 rings (SSSR count). The number of methoxy groups -OCH3 is 1. The first-order valence-corrected chi connectivity index (χ1v) is 7.99. The summed E-state index contributed by atoms with van der Waals surface area (Å²) in [5.74, 6) is 1.15. The second-order valence-electron chi connectivity index (χ2n) is 5.86. The molecule has 0 radical (unpaired) electrons. The average molecular weight is 319 g/mol. The van der Waals surface area contributed by atoms with Crippen molar-refractivity contribution < 1.29 is 9.53 Å². The molecule has 0 aliphatic rings. The molecule has 0 aliphatic carbocycles. The minimum atomic E-state index is -0.219. The largest absolute Gasteiger partial charge is 0.497 e. The first-order chi connectivity index (χ1) is 10.4. The number of hydrogen-bond donors (Lipinski definition) is 1. The summed E-state index contributed by atoms with van der Waals surface area (Å²) < 4.78 is 7.11. The molecule has 0 unspecified atom stereocenters. The smallest absolute Gasteiger partial charge is 0.230 e. The fourth-order valence-electron chi connectivity index (χ4n) is 1.92. The molecule has 2 aromatic rings. The fourth-order valence-corrected chi connectivity index (χ4v) is 2.69. The van der Waals surface area contributed by atoms with Gasteiger partial charge in [0, 0.05) is 23.6 Å². The molecular weight excluding hydrogens is 298 g/mol. The van der Waals surface area contributed by atoms with Gasteiger partial charge in [-0.2, -0.15) is 0 Å². The van der Waals surface area contributed by atoms with Gasteiger partial charge in [-0.05, 0) is 45.0 Å². The van der Waals surface area contributed by atoms with Crippen molar-refractivity contribution in [3.05, 3.63) is 36.7 Å². The van der Waals surface area contributed by atoms with Gasteiger partial charge in [-0.15, -0.1) is 0 Å². The summed E-state index contributed by atoms with van der Waals surface area (Å²) in [7, 11) is 1.64. The van der Waals surface area contributed by atoms with Crippen molar-refractivity contribution in [2.45, 2.75) is 31.5 Å². The molecule has 5 nitrogen and oxygen atoms in total. The number of amides is 1. The van der Waals surface area contributed by atoms with E-state index in [9.17, 15) is 4.79 Å². The number of nitrogens with one attached hydrogen (secondary N) is 1. The number of carbonyl (C=O) groups excluding carboxylic acids is 1. The topological polar surface area (TPSA) is 56.2 Å². The average Bonchev–Trinajstić information content (AvgIpc) is 2.92. The highest BCUT2D eigenvalue weighted by molar-refractivity contribution is 7.99. The second kappa shape index (κ2) is 6.87. The van der Waals surface area contributed by atoms with Crippen LogP contribution in [0, 0.1) is 0 Å². The highest BCUT2D eigenvalue weighted by atomic mass is 32.2. The lowest BCUT2D eigenvalue weighted by Gasteiger charge is -2.20. The molecule has 0 bridgehead atoms. The Labute approximate surface area is 135 Å². The van der Waals surface area contributed by atoms with Crippen LogP contribution in [0.1, 0.15) is 20.8 Å². The van der Waals surface area contributed by atoms with Crippen LogP contribution in [0.2, 0.25) is 0 Å². The van der Waals surface area contributed by atoms with E-state index in [1.165, 1.54) is 11.8 Å². The summed E-state index contributed by atoms with van der Waals surface area (Å²) >= 11 is 1.42. The third-order valence-corrected chi connectivity index (χ3v) is 3.77. The lowest BCUT2D eigenvalue weighted by atomic mass is 10.1. The molecule has 6 heteroatoms. The van der Waals surface area contributed by atoms with Crippen molar-refractivity contribution in [3.8, 4) is 11.4 Å². The van der Waals surface area contributed by atoms with E-state index in [0.29, 0.717) is 5.75 Å². The summed E-state index contributed by atoms with van der Waals surface area (Å²) in [5, 5.41) is 3.73. The minimum Gasteiger partial charge on any atom is -0.497 e.